The highest BCUT2D eigenvalue weighted by atomic mass is 16.5. The summed E-state index contributed by atoms with van der Waals surface area (Å²) < 4.78 is 6.11. The molecule has 0 aliphatic heterocycles. The predicted octanol–water partition coefficient (Wildman–Crippen LogP) is 4.21. The van der Waals surface area contributed by atoms with Crippen molar-refractivity contribution in [3.8, 4) is 5.75 Å². The van der Waals surface area contributed by atoms with Gasteiger partial charge in [-0.3, -0.25) is 0 Å². The second-order valence-corrected chi connectivity index (χ2v) is 5.93. The van der Waals surface area contributed by atoms with E-state index in [1.807, 2.05) is 25.1 Å². The zero-order chi connectivity index (χ0) is 14.7. The molecule has 1 unspecified atom stereocenters. The molecule has 1 aliphatic rings. The Hall–Kier alpha value is -1.80. The first kappa shape index (κ1) is 14.2. The Bertz CT molecular complexity index is 606. The van der Waals surface area contributed by atoms with Crippen LogP contribution in [0, 0.1) is 0 Å². The average molecular weight is 281 g/mol. The topological polar surface area (TPSA) is 35.2 Å². The largest absolute Gasteiger partial charge is 0.493 e. The molecule has 21 heavy (non-hydrogen) atoms. The molecule has 0 heterocycles. The van der Waals surface area contributed by atoms with Crippen molar-refractivity contribution < 1.29 is 4.74 Å². The molecule has 0 aromatic heterocycles. The van der Waals surface area contributed by atoms with Gasteiger partial charge in [-0.1, -0.05) is 42.5 Å². The van der Waals surface area contributed by atoms with Crippen LogP contribution in [-0.2, 0) is 6.42 Å². The van der Waals surface area contributed by atoms with Crippen LogP contribution in [0.2, 0.25) is 0 Å². The first-order valence-electron chi connectivity index (χ1n) is 7.81. The smallest absolute Gasteiger partial charge is 0.124 e. The fourth-order valence-corrected chi connectivity index (χ4v) is 3.21. The highest BCUT2D eigenvalue weighted by Gasteiger charge is 2.20. The van der Waals surface area contributed by atoms with Gasteiger partial charge in [0, 0.05) is 17.5 Å². The second kappa shape index (κ2) is 6.31. The molecule has 0 spiro atoms. The molecule has 0 bridgehead atoms. The Kier molecular flexibility index (Phi) is 4.26. The highest BCUT2D eigenvalue weighted by molar-refractivity contribution is 5.36. The number of aryl methyl sites for hydroxylation is 1. The van der Waals surface area contributed by atoms with Crippen LogP contribution in [0.3, 0.4) is 0 Å². The molecule has 2 aromatic carbocycles. The normalized spacial score (nSPS) is 18.9. The van der Waals surface area contributed by atoms with Gasteiger partial charge >= 0.3 is 0 Å². The van der Waals surface area contributed by atoms with Gasteiger partial charge < -0.3 is 10.5 Å². The molecule has 0 amide bonds. The molecule has 2 nitrogen and oxygen atoms in total. The van der Waals surface area contributed by atoms with Crippen LogP contribution in [0.1, 0.15) is 48.4 Å². The minimum atomic E-state index is -0.000146. The van der Waals surface area contributed by atoms with Crippen molar-refractivity contribution in [1.82, 2.24) is 0 Å². The molecule has 0 fully saturated rings. The number of fused-ring (bicyclic) bond motifs is 1. The monoisotopic (exact) mass is 281 g/mol. The molecule has 0 saturated carbocycles. The van der Waals surface area contributed by atoms with E-state index >= 15 is 0 Å². The van der Waals surface area contributed by atoms with Crippen LogP contribution in [0.15, 0.2) is 48.5 Å². The Morgan fingerprint density at radius 1 is 1.14 bits per heavy atom. The van der Waals surface area contributed by atoms with Crippen molar-refractivity contribution >= 4 is 0 Å². The summed E-state index contributed by atoms with van der Waals surface area (Å²) in [5, 5.41) is 0. The van der Waals surface area contributed by atoms with Gasteiger partial charge in [0.2, 0.25) is 0 Å². The molecule has 3 rings (SSSR count). The first-order valence-corrected chi connectivity index (χ1v) is 7.81. The van der Waals surface area contributed by atoms with Crippen LogP contribution in [0.5, 0.6) is 5.75 Å². The summed E-state index contributed by atoms with van der Waals surface area (Å²) in [7, 11) is 0. The van der Waals surface area contributed by atoms with E-state index in [4.69, 9.17) is 10.5 Å². The van der Waals surface area contributed by atoms with E-state index in [0.717, 1.165) is 17.9 Å². The maximum absolute atomic E-state index is 6.11. The zero-order valence-corrected chi connectivity index (χ0v) is 12.6. The van der Waals surface area contributed by atoms with Crippen molar-refractivity contribution in [2.24, 2.45) is 5.73 Å². The molecule has 2 heteroatoms. The summed E-state index contributed by atoms with van der Waals surface area (Å²) in [4.78, 5) is 0. The molecule has 110 valence electrons. The quantitative estimate of drug-likeness (QED) is 0.911. The predicted molar refractivity (Wildman–Crippen MR) is 86.7 cm³/mol. The van der Waals surface area contributed by atoms with Gasteiger partial charge in [0.1, 0.15) is 5.75 Å². The molecule has 2 atom stereocenters. The molecular formula is C19H23NO. The third kappa shape index (κ3) is 3.11. The van der Waals surface area contributed by atoms with Crippen LogP contribution >= 0.6 is 0 Å². The molecule has 1 aliphatic carbocycles. The Labute approximate surface area is 126 Å². The van der Waals surface area contributed by atoms with Gasteiger partial charge in [-0.05, 0) is 43.4 Å². The summed E-state index contributed by atoms with van der Waals surface area (Å²) >= 11 is 0. The Balaban J connectivity index is 1.75. The lowest BCUT2D eigenvalue weighted by Gasteiger charge is -2.26. The minimum absolute atomic E-state index is 0.000146. The summed E-state index contributed by atoms with van der Waals surface area (Å²) in [5.74, 6) is 1.42. The van der Waals surface area contributed by atoms with Crippen LogP contribution < -0.4 is 10.5 Å². The van der Waals surface area contributed by atoms with Gasteiger partial charge in [0.05, 0.1) is 6.61 Å². The van der Waals surface area contributed by atoms with Gasteiger partial charge in [-0.2, -0.15) is 0 Å². The van der Waals surface area contributed by atoms with Gasteiger partial charge in [-0.15, -0.1) is 0 Å². The summed E-state index contributed by atoms with van der Waals surface area (Å²) in [6, 6.07) is 16.9. The zero-order valence-electron chi connectivity index (χ0n) is 12.6. The molecule has 0 radical (unpaired) electrons. The van der Waals surface area contributed by atoms with E-state index in [9.17, 15) is 0 Å². The molecular weight excluding hydrogens is 258 g/mol. The fraction of sp³-hybridized carbons (Fsp3) is 0.368. The summed E-state index contributed by atoms with van der Waals surface area (Å²) in [6.45, 7) is 2.73. The van der Waals surface area contributed by atoms with Crippen molar-refractivity contribution in [2.75, 3.05) is 6.61 Å². The lowest BCUT2D eigenvalue weighted by molar-refractivity contribution is 0.271. The minimum Gasteiger partial charge on any atom is -0.493 e. The fourth-order valence-electron chi connectivity index (χ4n) is 3.21. The maximum atomic E-state index is 6.11. The van der Waals surface area contributed by atoms with Crippen molar-refractivity contribution in [3.63, 3.8) is 0 Å². The van der Waals surface area contributed by atoms with E-state index in [0.29, 0.717) is 5.92 Å². The van der Waals surface area contributed by atoms with Crippen molar-refractivity contribution in [2.45, 2.75) is 38.1 Å². The number of rotatable bonds is 4. The third-order valence-corrected chi connectivity index (χ3v) is 4.34. The van der Waals surface area contributed by atoms with Gasteiger partial charge in [0.15, 0.2) is 0 Å². The number of hydrogen-bond acceptors (Lipinski definition) is 2. The van der Waals surface area contributed by atoms with E-state index < -0.39 is 0 Å². The van der Waals surface area contributed by atoms with Crippen molar-refractivity contribution in [3.05, 3.63) is 65.2 Å². The first-order chi connectivity index (χ1) is 10.3. The highest BCUT2D eigenvalue weighted by Crippen LogP contribution is 2.33. The van der Waals surface area contributed by atoms with E-state index in [2.05, 4.69) is 30.3 Å². The van der Waals surface area contributed by atoms with E-state index in [-0.39, 0.29) is 6.04 Å². The van der Waals surface area contributed by atoms with Crippen LogP contribution in [-0.4, -0.2) is 6.61 Å². The average Bonchev–Trinajstić information content (AvgIpc) is 2.53. The summed E-state index contributed by atoms with van der Waals surface area (Å²) in [5.41, 5.74) is 10.0. The van der Waals surface area contributed by atoms with Gasteiger partial charge in [0.25, 0.3) is 0 Å². The lowest BCUT2D eigenvalue weighted by Crippen LogP contribution is -2.17. The lowest BCUT2D eigenvalue weighted by atomic mass is 9.83. The number of para-hydroxylation sites is 1. The van der Waals surface area contributed by atoms with Crippen molar-refractivity contribution in [1.29, 1.82) is 0 Å². The Morgan fingerprint density at radius 2 is 1.90 bits per heavy atom. The Morgan fingerprint density at radius 3 is 2.76 bits per heavy atom. The molecule has 2 N–H and O–H groups in total. The number of ether oxygens (including phenoxy) is 1. The van der Waals surface area contributed by atoms with Gasteiger partial charge in [-0.25, -0.2) is 0 Å². The number of nitrogens with two attached hydrogens (primary N) is 1. The maximum Gasteiger partial charge on any atom is 0.124 e. The number of hydrogen-bond donors (Lipinski definition) is 1. The van der Waals surface area contributed by atoms with E-state index in [1.165, 1.54) is 30.4 Å². The van der Waals surface area contributed by atoms with Crippen LogP contribution in [0.25, 0.3) is 0 Å². The SMILES string of the molecule is C[C@H](N)c1ccccc1OCC1CCCc2ccccc21. The third-order valence-electron chi connectivity index (χ3n) is 4.34. The second-order valence-electron chi connectivity index (χ2n) is 5.93. The number of benzene rings is 2. The van der Waals surface area contributed by atoms with E-state index in [1.54, 1.807) is 0 Å². The summed E-state index contributed by atoms with van der Waals surface area (Å²) in [6.07, 6.45) is 3.65. The standard InChI is InChI=1S/C19H23NO/c1-14(20)17-10-4-5-12-19(17)21-13-16-9-6-8-15-7-2-3-11-18(15)16/h2-5,7,10-12,14,16H,6,8-9,13,20H2,1H3/t14-,16?/m0/s1. The molecule has 2 aromatic rings. The van der Waals surface area contributed by atoms with Crippen LogP contribution in [0.4, 0.5) is 0 Å². The molecule has 0 saturated heterocycles.